The van der Waals surface area contributed by atoms with Crippen molar-refractivity contribution in [2.75, 3.05) is 7.11 Å². The van der Waals surface area contributed by atoms with Gasteiger partial charge in [0.2, 0.25) is 0 Å². The molecule has 0 amide bonds. The van der Waals surface area contributed by atoms with Gasteiger partial charge in [0.1, 0.15) is 11.5 Å². The first kappa shape index (κ1) is 17.1. The van der Waals surface area contributed by atoms with Crippen LogP contribution >= 0.6 is 0 Å². The number of unbranched alkanes of at least 4 members (excludes halogenated alkanes) is 1. The van der Waals surface area contributed by atoms with Gasteiger partial charge in [-0.1, -0.05) is 74.5 Å². The number of methoxy groups -OCH3 is 1. The Morgan fingerprint density at radius 3 is 2.40 bits per heavy atom. The molecular formula is C23H24O2. The van der Waals surface area contributed by atoms with E-state index in [2.05, 4.69) is 13.5 Å². The van der Waals surface area contributed by atoms with E-state index < -0.39 is 0 Å². The Morgan fingerprint density at radius 2 is 1.72 bits per heavy atom. The molecule has 0 atom stereocenters. The van der Waals surface area contributed by atoms with Gasteiger partial charge in [0.25, 0.3) is 0 Å². The Kier molecular flexibility index (Phi) is 5.08. The molecule has 0 saturated carbocycles. The molecule has 3 rings (SSSR count). The molecule has 0 bridgehead atoms. The zero-order chi connectivity index (χ0) is 17.8. The number of benzene rings is 3. The fourth-order valence-electron chi connectivity index (χ4n) is 3.46. The summed E-state index contributed by atoms with van der Waals surface area (Å²) < 4.78 is 5.81. The molecule has 1 N–H and O–H groups in total. The number of ether oxygens (including phenoxy) is 1. The van der Waals surface area contributed by atoms with Crippen LogP contribution in [0.5, 0.6) is 11.5 Å². The zero-order valence-corrected chi connectivity index (χ0v) is 14.9. The molecule has 0 aliphatic rings. The summed E-state index contributed by atoms with van der Waals surface area (Å²) in [5.41, 5.74) is 3.92. The van der Waals surface area contributed by atoms with Crippen LogP contribution in [0.15, 0.2) is 55.1 Å². The molecular weight excluding hydrogens is 308 g/mol. The van der Waals surface area contributed by atoms with Crippen molar-refractivity contribution in [1.29, 1.82) is 0 Å². The third-order valence-electron chi connectivity index (χ3n) is 4.67. The van der Waals surface area contributed by atoms with Crippen molar-refractivity contribution in [3.8, 4) is 22.6 Å². The standard InChI is InChI=1S/C23H24O2/c1-4-6-12-20-21(17-13-8-7-11-16(17)5-2)22(24)18-14-9-10-15-19(18)23(20)25-3/h5,7-11,13-15,24H,2,4,6,12H2,1,3H3. The number of rotatable bonds is 6. The zero-order valence-electron chi connectivity index (χ0n) is 14.9. The van der Waals surface area contributed by atoms with E-state index in [0.29, 0.717) is 5.75 Å². The predicted octanol–water partition coefficient (Wildman–Crippen LogP) is 6.21. The van der Waals surface area contributed by atoms with E-state index in [4.69, 9.17) is 4.74 Å². The highest BCUT2D eigenvalue weighted by molar-refractivity contribution is 6.02. The largest absolute Gasteiger partial charge is 0.507 e. The normalized spacial score (nSPS) is 10.8. The number of hydrogen-bond donors (Lipinski definition) is 1. The van der Waals surface area contributed by atoms with E-state index >= 15 is 0 Å². The molecule has 0 fully saturated rings. The lowest BCUT2D eigenvalue weighted by atomic mass is 9.88. The van der Waals surface area contributed by atoms with E-state index in [1.165, 1.54) is 0 Å². The summed E-state index contributed by atoms with van der Waals surface area (Å²) in [6, 6.07) is 15.9. The third kappa shape index (κ3) is 3.00. The molecule has 0 spiro atoms. The lowest BCUT2D eigenvalue weighted by molar-refractivity contribution is 0.412. The maximum atomic E-state index is 11.1. The van der Waals surface area contributed by atoms with E-state index in [1.807, 2.05) is 54.6 Å². The molecule has 128 valence electrons. The number of hydrogen-bond acceptors (Lipinski definition) is 2. The topological polar surface area (TPSA) is 29.5 Å². The summed E-state index contributed by atoms with van der Waals surface area (Å²) in [5, 5.41) is 12.9. The van der Waals surface area contributed by atoms with Gasteiger partial charge >= 0.3 is 0 Å². The lowest BCUT2D eigenvalue weighted by Crippen LogP contribution is -1.99. The van der Waals surface area contributed by atoms with Gasteiger partial charge in [-0.2, -0.15) is 0 Å². The molecule has 0 radical (unpaired) electrons. The van der Waals surface area contributed by atoms with Crippen LogP contribution in [0, 0.1) is 0 Å². The minimum absolute atomic E-state index is 0.316. The van der Waals surface area contributed by atoms with Gasteiger partial charge in [0.15, 0.2) is 0 Å². The molecule has 3 aromatic rings. The first-order chi connectivity index (χ1) is 12.2. The molecule has 3 aromatic carbocycles. The van der Waals surface area contributed by atoms with Crippen LogP contribution in [0.2, 0.25) is 0 Å². The van der Waals surface area contributed by atoms with Gasteiger partial charge < -0.3 is 9.84 Å². The second kappa shape index (κ2) is 7.43. The van der Waals surface area contributed by atoms with E-state index in [1.54, 1.807) is 7.11 Å². The van der Waals surface area contributed by atoms with Gasteiger partial charge in [-0.25, -0.2) is 0 Å². The van der Waals surface area contributed by atoms with Crippen LogP contribution in [0.3, 0.4) is 0 Å². The highest BCUT2D eigenvalue weighted by Gasteiger charge is 2.21. The minimum Gasteiger partial charge on any atom is -0.507 e. The number of phenolic OH excluding ortho intramolecular Hbond substituents is 1. The van der Waals surface area contributed by atoms with Gasteiger partial charge in [0, 0.05) is 21.9 Å². The monoisotopic (exact) mass is 332 g/mol. The molecule has 0 aromatic heterocycles. The lowest BCUT2D eigenvalue weighted by Gasteiger charge is -2.20. The van der Waals surface area contributed by atoms with Crippen molar-refractivity contribution < 1.29 is 9.84 Å². The van der Waals surface area contributed by atoms with Crippen molar-refractivity contribution in [2.45, 2.75) is 26.2 Å². The second-order valence-electron chi connectivity index (χ2n) is 6.18. The Balaban J connectivity index is 2.43. The minimum atomic E-state index is 0.316. The first-order valence-corrected chi connectivity index (χ1v) is 8.75. The molecule has 0 unspecified atom stereocenters. The van der Waals surface area contributed by atoms with Crippen LogP contribution < -0.4 is 4.74 Å². The molecule has 2 heteroatoms. The van der Waals surface area contributed by atoms with Crippen molar-refractivity contribution in [1.82, 2.24) is 0 Å². The Bertz CT molecular complexity index is 909. The summed E-state index contributed by atoms with van der Waals surface area (Å²) in [6.45, 7) is 6.10. The highest BCUT2D eigenvalue weighted by atomic mass is 16.5. The highest BCUT2D eigenvalue weighted by Crippen LogP contribution is 2.46. The van der Waals surface area contributed by atoms with Crippen molar-refractivity contribution in [3.05, 3.63) is 66.2 Å². The van der Waals surface area contributed by atoms with E-state index in [0.717, 1.165) is 58.0 Å². The molecule has 0 aliphatic heterocycles. The SMILES string of the molecule is C=Cc1ccccc1-c1c(CCCC)c(OC)c2ccccc2c1O. The van der Waals surface area contributed by atoms with E-state index in [9.17, 15) is 5.11 Å². The first-order valence-electron chi connectivity index (χ1n) is 8.75. The summed E-state index contributed by atoms with van der Waals surface area (Å²) in [7, 11) is 1.71. The Morgan fingerprint density at radius 1 is 1.04 bits per heavy atom. The summed E-state index contributed by atoms with van der Waals surface area (Å²) >= 11 is 0. The summed E-state index contributed by atoms with van der Waals surface area (Å²) in [5.74, 6) is 1.17. The maximum Gasteiger partial charge on any atom is 0.131 e. The molecule has 25 heavy (non-hydrogen) atoms. The molecule has 0 saturated heterocycles. The van der Waals surface area contributed by atoms with Gasteiger partial charge in [-0.05, 0) is 24.0 Å². The summed E-state index contributed by atoms with van der Waals surface area (Å²) in [4.78, 5) is 0. The Labute approximate surface area is 149 Å². The van der Waals surface area contributed by atoms with Gasteiger partial charge in [0.05, 0.1) is 7.11 Å². The van der Waals surface area contributed by atoms with Crippen LogP contribution in [-0.4, -0.2) is 12.2 Å². The average Bonchev–Trinajstić information content (AvgIpc) is 2.66. The fraction of sp³-hybridized carbons (Fsp3) is 0.217. The van der Waals surface area contributed by atoms with Crippen molar-refractivity contribution >= 4 is 16.8 Å². The average molecular weight is 332 g/mol. The molecule has 2 nitrogen and oxygen atoms in total. The quantitative estimate of drug-likeness (QED) is 0.582. The predicted molar refractivity (Wildman–Crippen MR) is 106 cm³/mol. The van der Waals surface area contributed by atoms with E-state index in [-0.39, 0.29) is 0 Å². The molecule has 0 aliphatic carbocycles. The van der Waals surface area contributed by atoms with Crippen LogP contribution in [0.1, 0.15) is 30.9 Å². The van der Waals surface area contributed by atoms with Crippen molar-refractivity contribution in [3.63, 3.8) is 0 Å². The number of aromatic hydroxyl groups is 1. The maximum absolute atomic E-state index is 11.1. The number of fused-ring (bicyclic) bond motifs is 1. The fourth-order valence-corrected chi connectivity index (χ4v) is 3.46. The van der Waals surface area contributed by atoms with Crippen LogP contribution in [-0.2, 0) is 6.42 Å². The van der Waals surface area contributed by atoms with Gasteiger partial charge in [-0.15, -0.1) is 0 Å². The smallest absolute Gasteiger partial charge is 0.131 e. The van der Waals surface area contributed by atoms with Crippen molar-refractivity contribution in [2.24, 2.45) is 0 Å². The van der Waals surface area contributed by atoms with Gasteiger partial charge in [-0.3, -0.25) is 0 Å². The van der Waals surface area contributed by atoms with Crippen LogP contribution in [0.4, 0.5) is 0 Å². The number of phenols is 1. The van der Waals surface area contributed by atoms with Crippen LogP contribution in [0.25, 0.3) is 28.0 Å². The molecule has 0 heterocycles. The second-order valence-corrected chi connectivity index (χ2v) is 6.18. The third-order valence-corrected chi connectivity index (χ3v) is 4.67. The Hall–Kier alpha value is -2.74. The summed E-state index contributed by atoms with van der Waals surface area (Å²) in [6.07, 6.45) is 4.82.